The smallest absolute Gasteiger partial charge is 0.246 e. The summed E-state index contributed by atoms with van der Waals surface area (Å²) in [4.78, 5) is 8.58. The summed E-state index contributed by atoms with van der Waals surface area (Å²) >= 11 is 5.23. The maximum Gasteiger partial charge on any atom is 0.246 e. The van der Waals surface area contributed by atoms with E-state index < -0.39 is 0 Å². The normalized spacial score (nSPS) is 10.3. The molecule has 8 heteroatoms. The number of methoxy groups -OCH3 is 1. The molecule has 128 valence electrons. The molecular formula is C17H17N5O2S. The van der Waals surface area contributed by atoms with Gasteiger partial charge in [-0.2, -0.15) is 4.98 Å². The van der Waals surface area contributed by atoms with E-state index >= 15 is 0 Å². The van der Waals surface area contributed by atoms with Crippen LogP contribution in [0.25, 0.3) is 11.4 Å². The molecule has 3 rings (SSSR count). The van der Waals surface area contributed by atoms with Crippen LogP contribution in [0.1, 0.15) is 11.5 Å². The zero-order valence-electron chi connectivity index (χ0n) is 13.8. The molecule has 3 aromatic rings. The van der Waals surface area contributed by atoms with E-state index in [0.717, 1.165) is 16.9 Å². The number of thiocarbonyl (C=S) groups is 1. The van der Waals surface area contributed by atoms with Crippen LogP contribution in [0.4, 0.5) is 5.82 Å². The van der Waals surface area contributed by atoms with Crippen LogP contribution in [-0.4, -0.2) is 27.3 Å². The van der Waals surface area contributed by atoms with Crippen LogP contribution in [0.5, 0.6) is 5.75 Å². The lowest BCUT2D eigenvalue weighted by atomic mass is 10.2. The van der Waals surface area contributed by atoms with Crippen LogP contribution in [0.15, 0.2) is 47.1 Å². The maximum absolute atomic E-state index is 5.24. The largest absolute Gasteiger partial charge is 0.497 e. The van der Waals surface area contributed by atoms with Gasteiger partial charge in [0.15, 0.2) is 5.11 Å². The molecular weight excluding hydrogens is 338 g/mol. The number of benzene rings is 1. The lowest BCUT2D eigenvalue weighted by Crippen LogP contribution is -2.28. The van der Waals surface area contributed by atoms with Crippen molar-refractivity contribution < 1.29 is 9.26 Å². The quantitative estimate of drug-likeness (QED) is 0.676. The number of hydrogen-bond acceptors (Lipinski definition) is 6. The molecule has 1 aromatic carbocycles. The highest BCUT2D eigenvalue weighted by atomic mass is 32.1. The lowest BCUT2D eigenvalue weighted by molar-refractivity contribution is 0.376. The monoisotopic (exact) mass is 355 g/mol. The van der Waals surface area contributed by atoms with E-state index in [1.165, 1.54) is 0 Å². The summed E-state index contributed by atoms with van der Waals surface area (Å²) in [5.41, 5.74) is 1.90. The van der Waals surface area contributed by atoms with E-state index in [9.17, 15) is 0 Å². The molecule has 0 aliphatic rings. The fourth-order valence-corrected chi connectivity index (χ4v) is 2.24. The van der Waals surface area contributed by atoms with Crippen molar-refractivity contribution in [3.63, 3.8) is 0 Å². The molecule has 0 fully saturated rings. The van der Waals surface area contributed by atoms with Gasteiger partial charge in [-0.05, 0) is 42.9 Å². The van der Waals surface area contributed by atoms with Crippen molar-refractivity contribution in [3.8, 4) is 17.1 Å². The lowest BCUT2D eigenvalue weighted by Gasteiger charge is -2.07. The first kappa shape index (κ1) is 16.8. The van der Waals surface area contributed by atoms with E-state index in [1.54, 1.807) is 13.3 Å². The van der Waals surface area contributed by atoms with Gasteiger partial charge in [-0.3, -0.25) is 0 Å². The fourth-order valence-electron chi connectivity index (χ4n) is 2.06. The molecule has 0 aliphatic carbocycles. The molecule has 2 aromatic heterocycles. The molecule has 0 radical (unpaired) electrons. The molecule has 0 saturated carbocycles. The van der Waals surface area contributed by atoms with Crippen molar-refractivity contribution in [2.24, 2.45) is 0 Å². The van der Waals surface area contributed by atoms with Gasteiger partial charge < -0.3 is 19.9 Å². The van der Waals surface area contributed by atoms with Crippen molar-refractivity contribution in [1.29, 1.82) is 0 Å². The van der Waals surface area contributed by atoms with E-state index in [4.69, 9.17) is 21.5 Å². The first-order chi connectivity index (χ1) is 12.1. The number of pyridine rings is 1. The zero-order chi connectivity index (χ0) is 17.6. The number of ether oxygens (including phenoxy) is 1. The molecule has 25 heavy (non-hydrogen) atoms. The van der Waals surface area contributed by atoms with Crippen LogP contribution in [0, 0.1) is 6.92 Å². The molecule has 7 nitrogen and oxygen atoms in total. The Morgan fingerprint density at radius 2 is 2.16 bits per heavy atom. The maximum atomic E-state index is 5.24. The number of rotatable bonds is 5. The first-order valence-corrected chi connectivity index (χ1v) is 7.99. The number of nitrogens with zero attached hydrogens (tertiary/aromatic N) is 3. The number of aryl methyl sites for hydroxylation is 1. The van der Waals surface area contributed by atoms with Crippen LogP contribution < -0.4 is 15.4 Å². The summed E-state index contributed by atoms with van der Waals surface area (Å²) in [7, 11) is 1.61. The topological polar surface area (TPSA) is 85.1 Å². The second-order valence-electron chi connectivity index (χ2n) is 5.27. The Bertz CT molecular complexity index is 863. The summed E-state index contributed by atoms with van der Waals surface area (Å²) in [6, 6.07) is 11.3. The number of aromatic nitrogens is 3. The van der Waals surface area contributed by atoms with Crippen molar-refractivity contribution in [1.82, 2.24) is 20.4 Å². The van der Waals surface area contributed by atoms with Crippen molar-refractivity contribution in [3.05, 3.63) is 54.0 Å². The second-order valence-corrected chi connectivity index (χ2v) is 5.68. The third-order valence-electron chi connectivity index (χ3n) is 3.35. The van der Waals surface area contributed by atoms with Crippen LogP contribution >= 0.6 is 12.2 Å². The van der Waals surface area contributed by atoms with Gasteiger partial charge in [0.1, 0.15) is 11.6 Å². The standard InChI is InChI=1S/C17H17N5O2S/c1-11-6-7-14(18-9-11)20-17(25)19-10-15-21-16(22-24-15)12-4-3-5-13(8-12)23-2/h3-9H,10H2,1-2H3,(H2,18,19,20,25). The zero-order valence-corrected chi connectivity index (χ0v) is 14.6. The SMILES string of the molecule is COc1cccc(-c2noc(CNC(=S)Nc3ccc(C)cn3)n2)c1. The summed E-state index contributed by atoms with van der Waals surface area (Å²) < 4.78 is 10.4. The summed E-state index contributed by atoms with van der Waals surface area (Å²) in [6.45, 7) is 2.29. The molecule has 0 bridgehead atoms. The Labute approximate surface area is 150 Å². The highest BCUT2D eigenvalue weighted by Crippen LogP contribution is 2.21. The van der Waals surface area contributed by atoms with E-state index in [1.807, 2.05) is 43.3 Å². The van der Waals surface area contributed by atoms with Gasteiger partial charge in [-0.15, -0.1) is 0 Å². The Morgan fingerprint density at radius 1 is 1.28 bits per heavy atom. The van der Waals surface area contributed by atoms with Crippen LogP contribution in [0.2, 0.25) is 0 Å². The molecule has 0 atom stereocenters. The highest BCUT2D eigenvalue weighted by molar-refractivity contribution is 7.80. The molecule has 0 saturated heterocycles. The molecule has 0 aliphatic heterocycles. The minimum atomic E-state index is 0.314. The van der Waals surface area contributed by atoms with Crippen LogP contribution in [-0.2, 0) is 6.54 Å². The second kappa shape index (κ2) is 7.71. The Hall–Kier alpha value is -3.00. The Morgan fingerprint density at radius 3 is 2.92 bits per heavy atom. The van der Waals surface area contributed by atoms with Gasteiger partial charge in [0.05, 0.1) is 13.7 Å². The van der Waals surface area contributed by atoms with E-state index in [0.29, 0.717) is 29.2 Å². The number of nitrogens with one attached hydrogen (secondary N) is 2. The Kier molecular flexibility index (Phi) is 5.20. The van der Waals surface area contributed by atoms with Crippen molar-refractivity contribution in [2.45, 2.75) is 13.5 Å². The summed E-state index contributed by atoms with van der Waals surface area (Å²) in [5.74, 6) is 2.33. The predicted molar refractivity (Wildman–Crippen MR) is 98.3 cm³/mol. The predicted octanol–water partition coefficient (Wildman–Crippen LogP) is 2.94. The number of anilines is 1. The van der Waals surface area contributed by atoms with Gasteiger partial charge in [-0.25, -0.2) is 4.98 Å². The van der Waals surface area contributed by atoms with E-state index in [2.05, 4.69) is 25.8 Å². The molecule has 0 spiro atoms. The molecule has 0 unspecified atom stereocenters. The van der Waals surface area contributed by atoms with Crippen LogP contribution in [0.3, 0.4) is 0 Å². The third kappa shape index (κ3) is 4.51. The van der Waals surface area contributed by atoms with Gasteiger partial charge in [-0.1, -0.05) is 23.4 Å². The van der Waals surface area contributed by atoms with Crippen molar-refractivity contribution in [2.75, 3.05) is 12.4 Å². The molecule has 2 N–H and O–H groups in total. The first-order valence-electron chi connectivity index (χ1n) is 7.58. The Balaban J connectivity index is 1.57. The average Bonchev–Trinajstić information content (AvgIpc) is 3.11. The molecule has 0 amide bonds. The van der Waals surface area contributed by atoms with Gasteiger partial charge in [0.25, 0.3) is 0 Å². The average molecular weight is 355 g/mol. The summed E-state index contributed by atoms with van der Waals surface area (Å²) in [6.07, 6.45) is 1.77. The number of hydrogen-bond donors (Lipinski definition) is 2. The van der Waals surface area contributed by atoms with Gasteiger partial charge in [0, 0.05) is 11.8 Å². The van der Waals surface area contributed by atoms with Crippen molar-refractivity contribution >= 4 is 23.1 Å². The third-order valence-corrected chi connectivity index (χ3v) is 3.60. The van der Waals surface area contributed by atoms with Gasteiger partial charge in [0.2, 0.25) is 11.7 Å². The van der Waals surface area contributed by atoms with E-state index in [-0.39, 0.29) is 0 Å². The highest BCUT2D eigenvalue weighted by Gasteiger charge is 2.10. The fraction of sp³-hybridized carbons (Fsp3) is 0.176. The van der Waals surface area contributed by atoms with Gasteiger partial charge >= 0.3 is 0 Å². The molecule has 2 heterocycles. The summed E-state index contributed by atoms with van der Waals surface area (Å²) in [5, 5.41) is 10.4. The minimum Gasteiger partial charge on any atom is -0.497 e. The minimum absolute atomic E-state index is 0.314.